The number of para-hydroxylation sites is 1. The maximum absolute atomic E-state index is 2.56. The third-order valence-electron chi connectivity index (χ3n) is 14.6. The van der Waals surface area contributed by atoms with Gasteiger partial charge in [-0.05, 0) is 134 Å². The van der Waals surface area contributed by atoms with E-state index in [-0.39, 0.29) is 16.2 Å². The highest BCUT2D eigenvalue weighted by molar-refractivity contribution is 6.25. The van der Waals surface area contributed by atoms with Gasteiger partial charge >= 0.3 is 0 Å². The zero-order chi connectivity index (χ0) is 40.0. The van der Waals surface area contributed by atoms with E-state index in [2.05, 4.69) is 208 Å². The summed E-state index contributed by atoms with van der Waals surface area (Å²) in [5.74, 6) is 0. The molecule has 0 saturated carbocycles. The van der Waals surface area contributed by atoms with Crippen LogP contribution >= 0.6 is 0 Å². The van der Waals surface area contributed by atoms with Crippen LogP contribution in [0.2, 0.25) is 0 Å². The van der Waals surface area contributed by atoms with E-state index in [1.807, 2.05) is 0 Å². The van der Waals surface area contributed by atoms with Crippen molar-refractivity contribution in [2.45, 2.75) is 70.6 Å². The van der Waals surface area contributed by atoms with Gasteiger partial charge in [-0.25, -0.2) is 0 Å². The Hall–Kier alpha value is -6.38. The summed E-state index contributed by atoms with van der Waals surface area (Å²) in [4.78, 5) is 0. The van der Waals surface area contributed by atoms with E-state index in [9.17, 15) is 0 Å². The Morgan fingerprint density at radius 3 is 1.78 bits per heavy atom. The molecule has 0 bridgehead atoms. The molecule has 0 radical (unpaired) electrons. The molecule has 0 spiro atoms. The summed E-state index contributed by atoms with van der Waals surface area (Å²) in [5.41, 5.74) is 18.6. The Balaban J connectivity index is 1.15. The van der Waals surface area contributed by atoms with Crippen molar-refractivity contribution in [2.24, 2.45) is 0 Å². The van der Waals surface area contributed by atoms with Crippen molar-refractivity contribution < 1.29 is 0 Å². The van der Waals surface area contributed by atoms with Gasteiger partial charge in [0.2, 0.25) is 0 Å². The molecule has 0 fully saturated rings. The minimum atomic E-state index is -0.0348. The molecule has 0 unspecified atom stereocenters. The second-order valence-corrected chi connectivity index (χ2v) is 19.2. The molecule has 10 aromatic rings. The monoisotopic (exact) mass is 760 g/mol. The standard InChI is InChI=1S/C57H48N2/c1-55(2)29-30-56(3,4)48-33-50-43(32-47(48)55)42-31-44-52(34-51(42)59(50)37-16-8-7-9-17-37)58(49-28-25-35-15-10-11-18-40(35)54(44)49)38-26-23-36(24-27-38)39-20-14-22-46-53(39)41-19-12-13-21-45(41)57(46,5)6/h7-28,31-34H,29-30H2,1-6H3. The summed E-state index contributed by atoms with van der Waals surface area (Å²) in [6.07, 6.45) is 2.38. The molecule has 0 saturated heterocycles. The molecular formula is C57H48N2. The van der Waals surface area contributed by atoms with E-state index in [0.29, 0.717) is 0 Å². The summed E-state index contributed by atoms with van der Waals surface area (Å²) >= 11 is 0. The first-order valence-corrected chi connectivity index (χ1v) is 21.4. The normalized spacial score (nSPS) is 16.2. The fourth-order valence-electron chi connectivity index (χ4n) is 11.3. The predicted molar refractivity (Wildman–Crippen MR) is 251 cm³/mol. The molecule has 2 nitrogen and oxygen atoms in total. The average molecular weight is 761 g/mol. The lowest BCUT2D eigenvalue weighted by atomic mass is 9.63. The maximum atomic E-state index is 2.56. The summed E-state index contributed by atoms with van der Waals surface area (Å²) in [6, 6.07) is 59.8. The Bertz CT molecular complexity index is 3390. The zero-order valence-electron chi connectivity index (χ0n) is 34.8. The number of aromatic nitrogens is 2. The highest BCUT2D eigenvalue weighted by Gasteiger charge is 2.39. The van der Waals surface area contributed by atoms with Crippen LogP contribution in [-0.4, -0.2) is 9.13 Å². The number of hydrogen-bond donors (Lipinski definition) is 0. The Kier molecular flexibility index (Phi) is 6.96. The molecule has 0 N–H and O–H groups in total. The first kappa shape index (κ1) is 34.6. The molecule has 8 aromatic carbocycles. The molecule has 2 aliphatic rings. The van der Waals surface area contributed by atoms with Crippen molar-refractivity contribution in [3.05, 3.63) is 180 Å². The maximum Gasteiger partial charge on any atom is 0.0562 e. The molecule has 2 heteroatoms. The molecule has 2 heterocycles. The molecule has 12 rings (SSSR count). The average Bonchev–Trinajstić information content (AvgIpc) is 3.84. The van der Waals surface area contributed by atoms with Gasteiger partial charge in [-0.2, -0.15) is 0 Å². The van der Waals surface area contributed by atoms with Crippen LogP contribution in [0.1, 0.15) is 76.6 Å². The van der Waals surface area contributed by atoms with E-state index in [0.717, 1.165) is 5.69 Å². The smallest absolute Gasteiger partial charge is 0.0562 e. The third-order valence-corrected chi connectivity index (χ3v) is 14.6. The number of hydrogen-bond acceptors (Lipinski definition) is 0. The molecule has 0 amide bonds. The van der Waals surface area contributed by atoms with E-state index in [4.69, 9.17) is 0 Å². The van der Waals surface area contributed by atoms with Crippen molar-refractivity contribution in [3.63, 3.8) is 0 Å². The second-order valence-electron chi connectivity index (χ2n) is 19.2. The second kappa shape index (κ2) is 11.9. The van der Waals surface area contributed by atoms with Crippen LogP contribution in [0, 0.1) is 0 Å². The van der Waals surface area contributed by atoms with Gasteiger partial charge in [-0.15, -0.1) is 0 Å². The van der Waals surface area contributed by atoms with E-state index in [1.165, 1.54) is 117 Å². The largest absolute Gasteiger partial charge is 0.309 e. The molecule has 2 aliphatic carbocycles. The van der Waals surface area contributed by atoms with Crippen molar-refractivity contribution in [1.82, 2.24) is 9.13 Å². The van der Waals surface area contributed by atoms with Gasteiger partial charge in [-0.3, -0.25) is 0 Å². The van der Waals surface area contributed by atoms with Crippen molar-refractivity contribution in [2.75, 3.05) is 0 Å². The van der Waals surface area contributed by atoms with Crippen molar-refractivity contribution >= 4 is 54.4 Å². The van der Waals surface area contributed by atoms with E-state index in [1.54, 1.807) is 0 Å². The number of nitrogens with zero attached hydrogens (tertiary/aromatic N) is 2. The van der Waals surface area contributed by atoms with Gasteiger partial charge in [0.1, 0.15) is 0 Å². The zero-order valence-corrected chi connectivity index (χ0v) is 34.8. The molecule has 0 aliphatic heterocycles. The fourth-order valence-corrected chi connectivity index (χ4v) is 11.3. The minimum absolute atomic E-state index is 0.0348. The topological polar surface area (TPSA) is 9.86 Å². The Labute approximate surface area is 346 Å². The highest BCUT2D eigenvalue weighted by Crippen LogP contribution is 2.53. The predicted octanol–water partition coefficient (Wildman–Crippen LogP) is 15.4. The summed E-state index contributed by atoms with van der Waals surface area (Å²) < 4.78 is 5.04. The molecular weight excluding hydrogens is 713 g/mol. The van der Waals surface area contributed by atoms with E-state index < -0.39 is 0 Å². The molecule has 0 atom stereocenters. The van der Waals surface area contributed by atoms with Crippen molar-refractivity contribution in [3.8, 4) is 33.6 Å². The lowest BCUT2D eigenvalue weighted by Gasteiger charge is -2.42. The first-order valence-electron chi connectivity index (χ1n) is 21.4. The number of benzene rings is 8. The number of rotatable bonds is 3. The Morgan fingerprint density at radius 1 is 0.390 bits per heavy atom. The molecule has 59 heavy (non-hydrogen) atoms. The van der Waals surface area contributed by atoms with Crippen LogP contribution in [0.5, 0.6) is 0 Å². The van der Waals surface area contributed by atoms with Gasteiger partial charge < -0.3 is 9.13 Å². The summed E-state index contributed by atoms with van der Waals surface area (Å²) in [7, 11) is 0. The van der Waals surface area contributed by atoms with Gasteiger partial charge in [0.05, 0.1) is 22.1 Å². The summed E-state index contributed by atoms with van der Waals surface area (Å²) in [5, 5.41) is 7.79. The lowest BCUT2D eigenvalue weighted by molar-refractivity contribution is 0.332. The quantitative estimate of drug-likeness (QED) is 0.170. The number of fused-ring (bicyclic) bond motifs is 12. The lowest BCUT2D eigenvalue weighted by Crippen LogP contribution is -2.33. The molecule has 2 aromatic heterocycles. The van der Waals surface area contributed by atoms with Crippen LogP contribution in [0.15, 0.2) is 158 Å². The van der Waals surface area contributed by atoms with Crippen molar-refractivity contribution in [1.29, 1.82) is 0 Å². The minimum Gasteiger partial charge on any atom is -0.309 e. The van der Waals surface area contributed by atoms with Gasteiger partial charge in [0, 0.05) is 38.3 Å². The SMILES string of the molecule is CC1(C)CCC(C)(C)c2cc3c(cc21)c1cc2c4c5ccccc5ccc4n(-c4ccc(-c5cccc6c5-c5ccccc5C6(C)C)cc4)c2cc1n3-c1ccccc1. The first-order chi connectivity index (χ1) is 28.5. The van der Waals surface area contributed by atoms with Gasteiger partial charge in [0.25, 0.3) is 0 Å². The van der Waals surface area contributed by atoms with Crippen LogP contribution in [0.3, 0.4) is 0 Å². The fraction of sp³-hybridized carbons (Fsp3) is 0.193. The molecule has 286 valence electrons. The van der Waals surface area contributed by atoms with Crippen LogP contribution in [0.25, 0.3) is 88.0 Å². The van der Waals surface area contributed by atoms with Gasteiger partial charge in [-0.1, -0.05) is 145 Å². The Morgan fingerprint density at radius 2 is 0.983 bits per heavy atom. The highest BCUT2D eigenvalue weighted by atomic mass is 15.0. The van der Waals surface area contributed by atoms with E-state index >= 15 is 0 Å². The van der Waals surface area contributed by atoms with Crippen LogP contribution in [-0.2, 0) is 16.2 Å². The summed E-state index contributed by atoms with van der Waals surface area (Å²) in [6.45, 7) is 14.5. The van der Waals surface area contributed by atoms with Gasteiger partial charge in [0.15, 0.2) is 0 Å². The third kappa shape index (κ3) is 4.75. The van der Waals surface area contributed by atoms with Crippen LogP contribution < -0.4 is 0 Å². The van der Waals surface area contributed by atoms with Crippen LogP contribution in [0.4, 0.5) is 0 Å².